The van der Waals surface area contributed by atoms with E-state index in [2.05, 4.69) is 10.6 Å². The monoisotopic (exact) mass is 489 g/mol. The summed E-state index contributed by atoms with van der Waals surface area (Å²) >= 11 is 1.43. The van der Waals surface area contributed by atoms with Crippen molar-refractivity contribution in [3.05, 3.63) is 0 Å². The fourth-order valence-electron chi connectivity index (χ4n) is 3.57. The molecule has 8 N–H and O–H groups in total. The highest BCUT2D eigenvalue weighted by Crippen LogP contribution is 2.20. The first-order valence-corrected chi connectivity index (χ1v) is 12.3. The van der Waals surface area contributed by atoms with Crippen molar-refractivity contribution >= 4 is 41.4 Å². The Hall–Kier alpha value is -2.38. The summed E-state index contributed by atoms with van der Waals surface area (Å²) < 4.78 is 0. The number of hydrogen-bond donors (Lipinski definition) is 6. The molecule has 0 aromatic carbocycles. The molecule has 1 heterocycles. The van der Waals surface area contributed by atoms with Gasteiger partial charge in [0.05, 0.1) is 12.5 Å². The van der Waals surface area contributed by atoms with Crippen molar-refractivity contribution in [1.29, 1.82) is 0 Å². The van der Waals surface area contributed by atoms with Gasteiger partial charge in [0.1, 0.15) is 18.1 Å². The number of carbonyl (C=O) groups excluding carboxylic acids is 3. The van der Waals surface area contributed by atoms with Gasteiger partial charge in [0, 0.05) is 6.54 Å². The van der Waals surface area contributed by atoms with Crippen LogP contribution in [0.5, 0.6) is 0 Å². The van der Waals surface area contributed by atoms with Gasteiger partial charge in [0.25, 0.3) is 0 Å². The zero-order valence-corrected chi connectivity index (χ0v) is 19.6. The van der Waals surface area contributed by atoms with Gasteiger partial charge in [0.2, 0.25) is 17.7 Å². The molecule has 0 aliphatic carbocycles. The fraction of sp³-hybridized carbons (Fsp3) is 0.750. The standard InChI is InChI=1S/C20H35N5O7S/c1-33-10-7-13(17(28)24-14(20(31)32)11-16(26)27)23-18(29)15-6-4-9-25(15)19(30)12(22)5-2-3-8-21/h12-15H,2-11,21-22H2,1H3,(H,23,29)(H,24,28)(H,26,27)(H,31,32). The first-order valence-electron chi connectivity index (χ1n) is 10.9. The Kier molecular flexibility index (Phi) is 12.8. The third-order valence-corrected chi connectivity index (χ3v) is 6.01. The van der Waals surface area contributed by atoms with Crippen LogP contribution >= 0.6 is 11.8 Å². The predicted molar refractivity (Wildman–Crippen MR) is 122 cm³/mol. The molecule has 0 radical (unpaired) electrons. The summed E-state index contributed by atoms with van der Waals surface area (Å²) in [5, 5.41) is 22.8. The Bertz CT molecular complexity index is 708. The summed E-state index contributed by atoms with van der Waals surface area (Å²) in [6, 6.07) is -4.22. The molecule has 0 saturated carbocycles. The van der Waals surface area contributed by atoms with Crippen LogP contribution in [0.15, 0.2) is 0 Å². The maximum atomic E-state index is 13.0. The van der Waals surface area contributed by atoms with E-state index in [4.69, 9.17) is 16.6 Å². The molecule has 188 valence electrons. The molecule has 0 aromatic rings. The van der Waals surface area contributed by atoms with E-state index >= 15 is 0 Å². The summed E-state index contributed by atoms with van der Waals surface area (Å²) in [7, 11) is 0. The Morgan fingerprint density at radius 2 is 1.79 bits per heavy atom. The summed E-state index contributed by atoms with van der Waals surface area (Å²) in [5.74, 6) is -4.02. The van der Waals surface area contributed by atoms with E-state index in [0.29, 0.717) is 44.5 Å². The van der Waals surface area contributed by atoms with Gasteiger partial charge in [-0.15, -0.1) is 0 Å². The number of carboxylic acids is 2. The second kappa shape index (κ2) is 14.7. The highest BCUT2D eigenvalue weighted by atomic mass is 32.2. The van der Waals surface area contributed by atoms with E-state index in [0.717, 1.165) is 6.42 Å². The quantitative estimate of drug-likeness (QED) is 0.150. The van der Waals surface area contributed by atoms with Gasteiger partial charge in [-0.1, -0.05) is 6.42 Å². The summed E-state index contributed by atoms with van der Waals surface area (Å²) in [6.45, 7) is 0.882. The lowest BCUT2D eigenvalue weighted by Crippen LogP contribution is -2.56. The van der Waals surface area contributed by atoms with E-state index in [-0.39, 0.29) is 12.3 Å². The number of nitrogens with one attached hydrogen (secondary N) is 2. The van der Waals surface area contributed by atoms with Crippen LogP contribution in [0.2, 0.25) is 0 Å². The molecule has 0 bridgehead atoms. The van der Waals surface area contributed by atoms with Gasteiger partial charge >= 0.3 is 11.9 Å². The lowest BCUT2D eigenvalue weighted by atomic mass is 10.1. The predicted octanol–water partition coefficient (Wildman–Crippen LogP) is -1.28. The molecule has 33 heavy (non-hydrogen) atoms. The molecule has 1 rings (SSSR count). The molecule has 0 aromatic heterocycles. The highest BCUT2D eigenvalue weighted by Gasteiger charge is 2.37. The van der Waals surface area contributed by atoms with Gasteiger partial charge in [-0.25, -0.2) is 4.79 Å². The number of thioether (sulfide) groups is 1. The largest absolute Gasteiger partial charge is 0.481 e. The Morgan fingerprint density at radius 1 is 1.09 bits per heavy atom. The number of carboxylic acid groups (broad SMARTS) is 2. The number of rotatable bonds is 15. The van der Waals surface area contributed by atoms with E-state index in [1.54, 1.807) is 0 Å². The number of amides is 3. The van der Waals surface area contributed by atoms with Crippen LogP contribution in [0.25, 0.3) is 0 Å². The number of aliphatic carboxylic acids is 2. The van der Waals surface area contributed by atoms with E-state index in [1.165, 1.54) is 16.7 Å². The van der Waals surface area contributed by atoms with Crippen molar-refractivity contribution in [1.82, 2.24) is 15.5 Å². The summed E-state index contributed by atoms with van der Waals surface area (Å²) in [5.41, 5.74) is 11.5. The number of carbonyl (C=O) groups is 5. The second-order valence-electron chi connectivity index (χ2n) is 7.92. The van der Waals surface area contributed by atoms with Crippen molar-refractivity contribution in [3.63, 3.8) is 0 Å². The maximum absolute atomic E-state index is 13.0. The zero-order valence-electron chi connectivity index (χ0n) is 18.8. The summed E-state index contributed by atoms with van der Waals surface area (Å²) in [4.78, 5) is 62.0. The zero-order chi connectivity index (χ0) is 25.0. The molecular formula is C20H35N5O7S. The number of unbranched alkanes of at least 4 members (excludes halogenated alkanes) is 1. The fourth-order valence-corrected chi connectivity index (χ4v) is 4.04. The normalized spacial score (nSPS) is 18.3. The van der Waals surface area contributed by atoms with Gasteiger partial charge in [-0.3, -0.25) is 19.2 Å². The SMILES string of the molecule is CSCCC(NC(=O)C1CCCN1C(=O)C(N)CCCCN)C(=O)NC(CC(=O)O)C(=O)O. The van der Waals surface area contributed by atoms with Gasteiger partial charge < -0.3 is 37.2 Å². The highest BCUT2D eigenvalue weighted by molar-refractivity contribution is 7.98. The van der Waals surface area contributed by atoms with Crippen molar-refractivity contribution in [2.24, 2.45) is 11.5 Å². The molecule has 13 heteroatoms. The number of hydrogen-bond acceptors (Lipinski definition) is 8. The van der Waals surface area contributed by atoms with Crippen molar-refractivity contribution in [2.45, 2.75) is 69.1 Å². The van der Waals surface area contributed by atoms with E-state index in [1.807, 2.05) is 6.26 Å². The number of nitrogens with two attached hydrogens (primary N) is 2. The van der Waals surface area contributed by atoms with Crippen molar-refractivity contribution in [3.8, 4) is 0 Å². The van der Waals surface area contributed by atoms with Crippen LogP contribution in [-0.2, 0) is 24.0 Å². The molecule has 4 atom stereocenters. The molecule has 0 spiro atoms. The third kappa shape index (κ3) is 9.56. The average Bonchev–Trinajstić information content (AvgIpc) is 3.25. The van der Waals surface area contributed by atoms with Gasteiger partial charge in [-0.2, -0.15) is 11.8 Å². The molecule has 1 aliphatic rings. The lowest BCUT2D eigenvalue weighted by Gasteiger charge is -2.28. The van der Waals surface area contributed by atoms with E-state index < -0.39 is 54.3 Å². The molecule has 1 aliphatic heterocycles. The average molecular weight is 490 g/mol. The molecule has 1 fully saturated rings. The van der Waals surface area contributed by atoms with Crippen LogP contribution in [0.3, 0.4) is 0 Å². The van der Waals surface area contributed by atoms with Gasteiger partial charge in [-0.05, 0) is 50.7 Å². The topological polar surface area (TPSA) is 205 Å². The smallest absolute Gasteiger partial charge is 0.326 e. The minimum atomic E-state index is -1.63. The van der Waals surface area contributed by atoms with Gasteiger partial charge in [0.15, 0.2) is 0 Å². The molecule has 1 saturated heterocycles. The first-order chi connectivity index (χ1) is 15.6. The second-order valence-corrected chi connectivity index (χ2v) is 8.91. The maximum Gasteiger partial charge on any atom is 0.326 e. The molecule has 12 nitrogen and oxygen atoms in total. The van der Waals surface area contributed by atoms with E-state index in [9.17, 15) is 29.1 Å². The molecular weight excluding hydrogens is 454 g/mol. The molecule has 4 unspecified atom stereocenters. The van der Waals surface area contributed by atoms with Crippen LogP contribution < -0.4 is 22.1 Å². The van der Waals surface area contributed by atoms with Crippen LogP contribution in [-0.4, -0.2) is 94.0 Å². The Labute approximate surface area is 197 Å². The first kappa shape index (κ1) is 28.7. The van der Waals surface area contributed by atoms with Crippen LogP contribution in [0, 0.1) is 0 Å². The number of nitrogens with zero attached hydrogens (tertiary/aromatic N) is 1. The van der Waals surface area contributed by atoms with Crippen molar-refractivity contribution < 1.29 is 34.2 Å². The molecule has 3 amide bonds. The van der Waals surface area contributed by atoms with Crippen LogP contribution in [0.4, 0.5) is 0 Å². The lowest BCUT2D eigenvalue weighted by molar-refractivity contribution is -0.147. The Balaban J connectivity index is 2.85. The minimum Gasteiger partial charge on any atom is -0.481 e. The van der Waals surface area contributed by atoms with Crippen LogP contribution in [0.1, 0.15) is 44.9 Å². The third-order valence-electron chi connectivity index (χ3n) is 5.36. The number of likely N-dealkylation sites (tertiary alicyclic amines) is 1. The Morgan fingerprint density at radius 3 is 2.36 bits per heavy atom. The minimum absolute atomic E-state index is 0.206. The van der Waals surface area contributed by atoms with Crippen molar-refractivity contribution in [2.75, 3.05) is 25.1 Å². The summed E-state index contributed by atoms with van der Waals surface area (Å²) in [6.07, 6.45) is 4.16.